The zero-order chi connectivity index (χ0) is 23.1. The van der Waals surface area contributed by atoms with Crippen molar-refractivity contribution >= 4 is 21.7 Å². The molecule has 1 aromatic rings. The van der Waals surface area contributed by atoms with Crippen LogP contribution in [-0.2, 0) is 19.4 Å². The summed E-state index contributed by atoms with van der Waals surface area (Å²) >= 11 is 0. The molecule has 2 amide bonds. The fraction of sp³-hybridized carbons (Fsp3) is 0.667. The summed E-state index contributed by atoms with van der Waals surface area (Å²) in [6.45, 7) is 2.35. The molecule has 3 rings (SSSR count). The predicted molar refractivity (Wildman–Crippen MR) is 121 cm³/mol. The van der Waals surface area contributed by atoms with Gasteiger partial charge in [-0.2, -0.15) is 0 Å². The van der Waals surface area contributed by atoms with Gasteiger partial charge in [-0.1, -0.05) is 32.3 Å². The highest BCUT2D eigenvalue weighted by Crippen LogP contribution is 2.31. The first kappa shape index (κ1) is 24.7. The van der Waals surface area contributed by atoms with Gasteiger partial charge in [0.2, 0.25) is 11.8 Å². The molecule has 1 aromatic carbocycles. The van der Waals surface area contributed by atoms with Crippen LogP contribution in [0, 0.1) is 17.7 Å². The lowest BCUT2D eigenvalue weighted by atomic mass is 9.92. The number of unbranched alkanes of at least 4 members (excludes halogenated alkanes) is 3. The number of carbonyl (C=O) groups is 2. The Morgan fingerprint density at radius 3 is 2.59 bits per heavy atom. The van der Waals surface area contributed by atoms with E-state index < -0.39 is 15.7 Å². The van der Waals surface area contributed by atoms with E-state index in [9.17, 15) is 22.4 Å². The van der Waals surface area contributed by atoms with Crippen LogP contribution in [0.5, 0.6) is 5.75 Å². The number of hydrogen-bond acceptors (Lipinski definition) is 5. The van der Waals surface area contributed by atoms with E-state index in [0.717, 1.165) is 44.1 Å². The summed E-state index contributed by atoms with van der Waals surface area (Å²) in [5.74, 6) is -0.272. The number of ether oxygens (including phenoxy) is 1. The molecule has 2 aliphatic rings. The second-order valence-electron chi connectivity index (χ2n) is 9.31. The van der Waals surface area contributed by atoms with Gasteiger partial charge < -0.3 is 4.74 Å². The lowest BCUT2D eigenvalue weighted by molar-refractivity contribution is -0.136. The molecule has 1 aliphatic carbocycles. The molecule has 1 aliphatic heterocycles. The largest absolute Gasteiger partial charge is 0.490 e. The van der Waals surface area contributed by atoms with E-state index >= 15 is 0 Å². The molecule has 1 heterocycles. The van der Waals surface area contributed by atoms with E-state index in [0.29, 0.717) is 31.8 Å². The fourth-order valence-corrected chi connectivity index (χ4v) is 5.83. The number of halogens is 1. The van der Waals surface area contributed by atoms with Gasteiger partial charge in [-0.15, -0.1) is 0 Å². The second-order valence-corrected chi connectivity index (χ2v) is 11.5. The molecule has 1 N–H and O–H groups in total. The Bertz CT molecular complexity index is 913. The number of rotatable bonds is 13. The normalized spacial score (nSPS) is 20.1. The zero-order valence-corrected chi connectivity index (χ0v) is 19.6. The summed E-state index contributed by atoms with van der Waals surface area (Å²) in [6.07, 6.45) is 7.06. The van der Waals surface area contributed by atoms with Gasteiger partial charge in [0, 0.05) is 12.3 Å². The van der Waals surface area contributed by atoms with Crippen LogP contribution in [0.15, 0.2) is 18.2 Å². The van der Waals surface area contributed by atoms with E-state index in [1.807, 2.05) is 6.92 Å². The predicted octanol–water partition coefficient (Wildman–Crippen LogP) is 4.14. The number of hydrogen-bond donors (Lipinski definition) is 1. The highest BCUT2D eigenvalue weighted by Gasteiger charge is 2.26. The number of piperidine rings is 1. The Morgan fingerprint density at radius 1 is 1.12 bits per heavy atom. The van der Waals surface area contributed by atoms with Crippen LogP contribution in [0.3, 0.4) is 0 Å². The molecule has 2 atom stereocenters. The van der Waals surface area contributed by atoms with Crippen LogP contribution in [0.25, 0.3) is 0 Å². The molecule has 1 unspecified atom stereocenters. The molecule has 178 valence electrons. The fourth-order valence-electron chi connectivity index (χ4n) is 4.07. The molecule has 1 saturated heterocycles. The summed E-state index contributed by atoms with van der Waals surface area (Å²) < 4.78 is 44.7. The Hall–Kier alpha value is -1.96. The minimum atomic E-state index is -3.23. The van der Waals surface area contributed by atoms with Gasteiger partial charge in [0.15, 0.2) is 21.4 Å². The smallest absolute Gasteiger partial charge is 0.229 e. The van der Waals surface area contributed by atoms with E-state index in [4.69, 9.17) is 4.74 Å². The molecule has 1 saturated carbocycles. The number of nitrogens with one attached hydrogen (secondary N) is 1. The van der Waals surface area contributed by atoms with Gasteiger partial charge in [0.25, 0.3) is 0 Å². The molecule has 32 heavy (non-hydrogen) atoms. The van der Waals surface area contributed by atoms with E-state index in [1.54, 1.807) is 12.1 Å². The molecule has 0 spiro atoms. The molecule has 2 fully saturated rings. The Morgan fingerprint density at radius 2 is 1.88 bits per heavy atom. The van der Waals surface area contributed by atoms with Gasteiger partial charge in [0.1, 0.15) is 0 Å². The van der Waals surface area contributed by atoms with Crippen molar-refractivity contribution in [2.75, 3.05) is 18.1 Å². The molecule has 0 aromatic heterocycles. The van der Waals surface area contributed by atoms with Crippen molar-refractivity contribution in [1.82, 2.24) is 5.32 Å². The number of amides is 2. The number of carbonyl (C=O) groups excluding carboxylic acids is 2. The minimum Gasteiger partial charge on any atom is -0.490 e. The van der Waals surface area contributed by atoms with Crippen molar-refractivity contribution in [3.8, 4) is 5.75 Å². The van der Waals surface area contributed by atoms with E-state index in [1.165, 1.54) is 6.07 Å². The average molecular weight is 468 g/mol. The first-order valence-electron chi connectivity index (χ1n) is 11.7. The maximum absolute atomic E-state index is 14.0. The van der Waals surface area contributed by atoms with Gasteiger partial charge in [-0.05, 0) is 61.6 Å². The van der Waals surface area contributed by atoms with Gasteiger partial charge in [0.05, 0.1) is 18.1 Å². The molecule has 6 nitrogen and oxygen atoms in total. The third kappa shape index (κ3) is 7.87. The molecular weight excluding hydrogens is 433 g/mol. The Balaban J connectivity index is 1.36. The highest BCUT2D eigenvalue weighted by atomic mass is 32.2. The lowest BCUT2D eigenvalue weighted by Gasteiger charge is -2.20. The standard InChI is InChI=1S/C24H34FNO5S/c1-17(20-9-11-21(25)22(14-20)31-15-18-7-8-18)16-32(29,30)13-5-3-2-4-6-19-10-12-23(27)26-24(19)28/h9,11,14,17-19H,2-8,10,12-13,15-16H2,1H3,(H,26,27,28)/t17-,19?/m0/s1. The van der Waals surface area contributed by atoms with Crippen LogP contribution in [0.2, 0.25) is 0 Å². The average Bonchev–Trinajstić information content (AvgIpc) is 3.55. The Labute approximate surface area is 190 Å². The third-order valence-electron chi connectivity index (χ3n) is 6.31. The highest BCUT2D eigenvalue weighted by molar-refractivity contribution is 7.91. The number of imide groups is 1. The summed E-state index contributed by atoms with van der Waals surface area (Å²) in [4.78, 5) is 22.9. The van der Waals surface area contributed by atoms with Crippen LogP contribution in [0.4, 0.5) is 4.39 Å². The summed E-state index contributed by atoms with van der Waals surface area (Å²) in [6, 6.07) is 4.62. The Kier molecular flexibility index (Phi) is 8.68. The zero-order valence-electron chi connectivity index (χ0n) is 18.8. The maximum Gasteiger partial charge on any atom is 0.229 e. The van der Waals surface area contributed by atoms with Gasteiger partial charge in [-0.25, -0.2) is 12.8 Å². The van der Waals surface area contributed by atoms with Crippen LogP contribution in [0.1, 0.15) is 76.2 Å². The summed E-state index contributed by atoms with van der Waals surface area (Å²) in [5, 5.41) is 2.37. The topological polar surface area (TPSA) is 89.5 Å². The summed E-state index contributed by atoms with van der Waals surface area (Å²) in [5.41, 5.74) is 0.769. The van der Waals surface area contributed by atoms with Gasteiger partial charge >= 0.3 is 0 Å². The number of sulfone groups is 1. The molecule has 0 bridgehead atoms. The van der Waals surface area contributed by atoms with Crippen LogP contribution in [-0.4, -0.2) is 38.3 Å². The summed E-state index contributed by atoms with van der Waals surface area (Å²) in [7, 11) is -3.23. The monoisotopic (exact) mass is 467 g/mol. The quantitative estimate of drug-likeness (QED) is 0.348. The lowest BCUT2D eigenvalue weighted by Crippen LogP contribution is -2.40. The van der Waals surface area contributed by atoms with Crippen molar-refractivity contribution < 1.29 is 27.1 Å². The SMILES string of the molecule is C[C@@H](CS(=O)(=O)CCCCCCC1CCC(=O)NC1=O)c1ccc(F)c(OCC2CC2)c1. The van der Waals surface area contributed by atoms with E-state index in [-0.39, 0.29) is 40.9 Å². The van der Waals surface area contributed by atoms with E-state index in [2.05, 4.69) is 5.32 Å². The minimum absolute atomic E-state index is 0.0248. The third-order valence-corrected chi connectivity index (χ3v) is 8.23. The van der Waals surface area contributed by atoms with Crippen LogP contribution >= 0.6 is 0 Å². The van der Waals surface area contributed by atoms with Crippen molar-refractivity contribution in [1.29, 1.82) is 0 Å². The van der Waals surface area contributed by atoms with Crippen molar-refractivity contribution in [2.24, 2.45) is 11.8 Å². The molecule has 0 radical (unpaired) electrons. The first-order chi connectivity index (χ1) is 15.2. The van der Waals surface area contributed by atoms with Crippen molar-refractivity contribution in [3.63, 3.8) is 0 Å². The number of benzene rings is 1. The second kappa shape index (κ2) is 11.3. The molecular formula is C24H34FNO5S. The molecule has 8 heteroatoms. The maximum atomic E-state index is 14.0. The van der Waals surface area contributed by atoms with Gasteiger partial charge in [-0.3, -0.25) is 14.9 Å². The van der Waals surface area contributed by atoms with Crippen LogP contribution < -0.4 is 10.1 Å². The first-order valence-corrected chi connectivity index (χ1v) is 13.5. The van der Waals surface area contributed by atoms with Crippen molar-refractivity contribution in [3.05, 3.63) is 29.6 Å². The van der Waals surface area contributed by atoms with Crippen molar-refractivity contribution in [2.45, 2.75) is 70.6 Å².